The molecule has 54 heavy (non-hydrogen) atoms. The van der Waals surface area contributed by atoms with E-state index in [9.17, 15) is 0 Å². The van der Waals surface area contributed by atoms with Crippen molar-refractivity contribution in [3.63, 3.8) is 0 Å². The summed E-state index contributed by atoms with van der Waals surface area (Å²) >= 11 is 0. The van der Waals surface area contributed by atoms with E-state index in [2.05, 4.69) is 62.6 Å². The molecule has 14 radical (unpaired) electrons. The molecule has 1 unspecified atom stereocenters. The predicted molar refractivity (Wildman–Crippen MR) is 240 cm³/mol. The smallest absolute Gasteiger partial charge is 0.136 e. The van der Waals surface area contributed by atoms with E-state index >= 15 is 0 Å². The highest BCUT2D eigenvalue weighted by atomic mass is 16.3. The van der Waals surface area contributed by atoms with Crippen LogP contribution in [0.2, 0.25) is 0 Å². The zero-order valence-corrected chi connectivity index (χ0v) is 29.9. The van der Waals surface area contributed by atoms with Crippen LogP contribution in [-0.4, -0.2) is 54.9 Å². The summed E-state index contributed by atoms with van der Waals surface area (Å²) in [6.07, 6.45) is 14.5. The summed E-state index contributed by atoms with van der Waals surface area (Å²) in [7, 11) is 45.4. The Balaban J connectivity index is 1.44. The molecule has 7 aromatic rings. The number of hydrogen-bond donors (Lipinski definition) is 0. The molecule has 1 heterocycles. The summed E-state index contributed by atoms with van der Waals surface area (Å²) in [6, 6.07) is 24.0. The first-order valence-electron chi connectivity index (χ1n) is 17.6. The minimum absolute atomic E-state index is 0.164. The standard InChI is InChI=1S/C46H27B7O/c1-23-13-14-24(2)17-18-26(21-25(3)16-15-23)36-40-30(7-4-10-32(40)47)38(31-8-5-11-33(48)41(31)36)29-9-6-12-34-39(29)28-20-19-27(22-35(28)54-34)37-42(49)44(51)46(53)45(52)43(37)50/h4-23H,2-3H2,1H3/b14-13-,16-15-,18-17?,26-21?. The maximum atomic E-state index is 6.97. The lowest BCUT2D eigenvalue weighted by Crippen LogP contribution is -2.55. The highest BCUT2D eigenvalue weighted by molar-refractivity contribution is 6.68. The van der Waals surface area contributed by atoms with Gasteiger partial charge >= 0.3 is 0 Å². The van der Waals surface area contributed by atoms with E-state index in [0.717, 1.165) is 65.7 Å². The first kappa shape index (κ1) is 35.6. The van der Waals surface area contributed by atoms with Gasteiger partial charge in [-0.25, -0.2) is 0 Å². The molecule has 238 valence electrons. The molecule has 0 aliphatic heterocycles. The number of hydrogen-bond acceptors (Lipinski definition) is 1. The minimum Gasteiger partial charge on any atom is -0.456 e. The SMILES string of the molecule is [B]c1c([B])c([B])c(-c2ccc3c(c2)oc2cccc(-c4c5cccc([B])c5c(C5=CC(=C)/C=C\C(C)/C=C\C(=C)C=C5)c5c([B])cccc45)c23)c([B])c1[B]. The fourth-order valence-corrected chi connectivity index (χ4v) is 7.63. The summed E-state index contributed by atoms with van der Waals surface area (Å²) in [5.74, 6) is 0.217. The molecule has 0 fully saturated rings. The van der Waals surface area contributed by atoms with Crippen LogP contribution in [0.4, 0.5) is 0 Å². The Morgan fingerprint density at radius 2 is 1.11 bits per heavy atom. The summed E-state index contributed by atoms with van der Waals surface area (Å²) in [6.45, 7) is 10.8. The normalized spacial score (nSPS) is 16.2. The lowest BCUT2D eigenvalue weighted by Gasteiger charge is -2.22. The Hall–Kier alpha value is -5.47. The summed E-state index contributed by atoms with van der Waals surface area (Å²) in [4.78, 5) is 0. The first-order valence-corrected chi connectivity index (χ1v) is 17.6. The van der Waals surface area contributed by atoms with E-state index in [-0.39, 0.29) is 33.2 Å². The third-order valence-electron chi connectivity index (χ3n) is 10.3. The molecular weight excluding hydrogens is 644 g/mol. The van der Waals surface area contributed by atoms with E-state index in [0.29, 0.717) is 33.2 Å². The van der Waals surface area contributed by atoms with Gasteiger partial charge in [0.1, 0.15) is 66.1 Å². The number of benzene rings is 6. The highest BCUT2D eigenvalue weighted by Gasteiger charge is 2.23. The van der Waals surface area contributed by atoms with Crippen LogP contribution in [0.3, 0.4) is 0 Å². The van der Waals surface area contributed by atoms with Gasteiger partial charge in [-0.1, -0.05) is 133 Å². The van der Waals surface area contributed by atoms with Gasteiger partial charge in [0.25, 0.3) is 0 Å². The molecule has 6 aromatic carbocycles. The zero-order chi connectivity index (χ0) is 38.0. The molecular formula is C46H27B7O. The van der Waals surface area contributed by atoms with Crippen molar-refractivity contribution >= 4 is 142 Å². The van der Waals surface area contributed by atoms with Gasteiger partial charge in [0.2, 0.25) is 0 Å². The predicted octanol–water partition coefficient (Wildman–Crippen LogP) is 4.60. The summed E-state index contributed by atoms with van der Waals surface area (Å²) < 4.78 is 6.55. The molecule has 1 aromatic heterocycles. The van der Waals surface area contributed by atoms with Gasteiger partial charge in [0.15, 0.2) is 0 Å². The molecule has 0 bridgehead atoms. The third-order valence-corrected chi connectivity index (χ3v) is 10.3. The van der Waals surface area contributed by atoms with Crippen molar-refractivity contribution in [2.45, 2.75) is 6.92 Å². The first-order chi connectivity index (χ1) is 25.9. The lowest BCUT2D eigenvalue weighted by molar-refractivity contribution is 0.669. The van der Waals surface area contributed by atoms with Crippen molar-refractivity contribution in [1.82, 2.24) is 0 Å². The molecule has 0 spiro atoms. The van der Waals surface area contributed by atoms with E-state index in [4.69, 9.17) is 59.3 Å². The van der Waals surface area contributed by atoms with Gasteiger partial charge in [-0.2, -0.15) is 0 Å². The molecule has 1 nitrogen and oxygen atoms in total. The molecule has 1 aliphatic rings. The van der Waals surface area contributed by atoms with Crippen LogP contribution >= 0.6 is 0 Å². The number of furan rings is 1. The summed E-state index contributed by atoms with van der Waals surface area (Å²) in [5.41, 5.74) is 10.3. The van der Waals surface area contributed by atoms with Crippen molar-refractivity contribution in [2.75, 3.05) is 0 Å². The van der Waals surface area contributed by atoms with Crippen molar-refractivity contribution in [3.8, 4) is 22.3 Å². The van der Waals surface area contributed by atoms with Crippen LogP contribution in [0, 0.1) is 5.92 Å². The van der Waals surface area contributed by atoms with Crippen LogP contribution in [0.1, 0.15) is 12.5 Å². The Bertz CT molecular complexity index is 2810. The van der Waals surface area contributed by atoms with Crippen LogP contribution in [0.5, 0.6) is 0 Å². The molecule has 8 heteroatoms. The molecule has 0 saturated heterocycles. The lowest BCUT2D eigenvalue weighted by atomic mass is 9.59. The molecule has 1 atom stereocenters. The number of rotatable bonds is 3. The average molecular weight is 671 g/mol. The molecule has 0 saturated carbocycles. The fraction of sp³-hybridized carbons (Fsp3) is 0.0435. The van der Waals surface area contributed by atoms with Crippen LogP contribution in [-0.2, 0) is 0 Å². The summed E-state index contributed by atoms with van der Waals surface area (Å²) in [5, 5.41) is 5.52. The van der Waals surface area contributed by atoms with Gasteiger partial charge in [-0.05, 0) is 96.3 Å². The largest absolute Gasteiger partial charge is 0.456 e. The van der Waals surface area contributed by atoms with Crippen LogP contribution < -0.4 is 38.2 Å². The van der Waals surface area contributed by atoms with Gasteiger partial charge in [-0.15, -0.1) is 16.4 Å². The molecule has 1 aliphatic carbocycles. The Kier molecular flexibility index (Phi) is 9.05. The van der Waals surface area contributed by atoms with E-state index in [1.165, 1.54) is 0 Å². The molecule has 0 amide bonds. The van der Waals surface area contributed by atoms with Crippen LogP contribution in [0.15, 0.2) is 144 Å². The quantitative estimate of drug-likeness (QED) is 0.198. The van der Waals surface area contributed by atoms with Crippen molar-refractivity contribution in [1.29, 1.82) is 0 Å². The topological polar surface area (TPSA) is 13.1 Å². The Morgan fingerprint density at radius 3 is 1.76 bits per heavy atom. The maximum absolute atomic E-state index is 6.97. The number of allylic oxidation sites excluding steroid dienone is 10. The van der Waals surface area contributed by atoms with Gasteiger partial charge in [0.05, 0.1) is 0 Å². The fourth-order valence-electron chi connectivity index (χ4n) is 7.63. The number of fused-ring (bicyclic) bond motifs is 5. The van der Waals surface area contributed by atoms with Gasteiger partial charge < -0.3 is 4.42 Å². The van der Waals surface area contributed by atoms with E-state index < -0.39 is 0 Å². The second-order valence-electron chi connectivity index (χ2n) is 13.9. The van der Waals surface area contributed by atoms with E-state index in [1.807, 2.05) is 72.8 Å². The van der Waals surface area contributed by atoms with E-state index in [1.54, 1.807) is 0 Å². The van der Waals surface area contributed by atoms with Gasteiger partial charge in [0, 0.05) is 10.8 Å². The minimum atomic E-state index is 0.164. The Labute approximate surface area is 325 Å². The highest BCUT2D eigenvalue weighted by Crippen LogP contribution is 2.45. The van der Waals surface area contributed by atoms with Gasteiger partial charge in [-0.3, -0.25) is 0 Å². The van der Waals surface area contributed by atoms with Crippen molar-refractivity contribution in [3.05, 3.63) is 145 Å². The molecule has 8 rings (SSSR count). The maximum Gasteiger partial charge on any atom is 0.136 e. The third kappa shape index (κ3) is 5.84. The average Bonchev–Trinajstić information content (AvgIpc) is 3.53. The second kappa shape index (κ2) is 13.7. The van der Waals surface area contributed by atoms with Crippen molar-refractivity contribution in [2.24, 2.45) is 5.92 Å². The van der Waals surface area contributed by atoms with Crippen LogP contribution in [0.25, 0.3) is 71.3 Å². The monoisotopic (exact) mass is 672 g/mol. The zero-order valence-electron chi connectivity index (χ0n) is 29.9. The second-order valence-corrected chi connectivity index (χ2v) is 13.9. The Morgan fingerprint density at radius 1 is 0.519 bits per heavy atom. The van der Waals surface area contributed by atoms with Crippen molar-refractivity contribution < 1.29 is 4.42 Å². The molecule has 0 N–H and O–H groups in total.